The van der Waals surface area contributed by atoms with Crippen LogP contribution in [0.5, 0.6) is 0 Å². The van der Waals surface area contributed by atoms with Crippen LogP contribution >= 0.6 is 0 Å². The first-order valence-electron chi connectivity index (χ1n) is 9.25. The fourth-order valence-corrected chi connectivity index (χ4v) is 3.08. The van der Waals surface area contributed by atoms with Gasteiger partial charge in [-0.25, -0.2) is 4.39 Å². The van der Waals surface area contributed by atoms with Gasteiger partial charge in [-0.2, -0.15) is 0 Å². The lowest BCUT2D eigenvalue weighted by Gasteiger charge is -2.34. The molecule has 0 bridgehead atoms. The van der Waals surface area contributed by atoms with Crippen LogP contribution in [0.4, 0.5) is 4.39 Å². The predicted molar refractivity (Wildman–Crippen MR) is 97.4 cm³/mol. The zero-order valence-electron chi connectivity index (χ0n) is 15.5. The van der Waals surface area contributed by atoms with E-state index < -0.39 is 12.2 Å². The van der Waals surface area contributed by atoms with Crippen LogP contribution in [0.25, 0.3) is 11.3 Å². The van der Waals surface area contributed by atoms with Crippen LogP contribution in [-0.2, 0) is 16.0 Å². The Morgan fingerprint density at radius 3 is 2.78 bits per heavy atom. The Morgan fingerprint density at radius 1 is 1.33 bits per heavy atom. The number of amides is 1. The third-order valence-corrected chi connectivity index (χ3v) is 4.71. The van der Waals surface area contributed by atoms with E-state index in [-0.39, 0.29) is 30.3 Å². The first-order chi connectivity index (χ1) is 12.9. The molecule has 0 radical (unpaired) electrons. The minimum Gasteiger partial charge on any atom is -0.390 e. The number of rotatable bonds is 6. The molecular formula is C20H25FN2O4. The summed E-state index contributed by atoms with van der Waals surface area (Å²) in [5.41, 5.74) is 1.49. The molecule has 2 N–H and O–H groups in total. The third kappa shape index (κ3) is 5.14. The summed E-state index contributed by atoms with van der Waals surface area (Å²) in [4.78, 5) is 11.7. The summed E-state index contributed by atoms with van der Waals surface area (Å²) in [6.07, 6.45) is 0.715. The molecule has 3 atom stereocenters. The molecule has 2 aromatic rings. The highest BCUT2D eigenvalue weighted by molar-refractivity contribution is 5.77. The summed E-state index contributed by atoms with van der Waals surface area (Å²) in [7, 11) is 0. The van der Waals surface area contributed by atoms with Gasteiger partial charge in [0.25, 0.3) is 0 Å². The van der Waals surface area contributed by atoms with Gasteiger partial charge in [0.1, 0.15) is 11.9 Å². The summed E-state index contributed by atoms with van der Waals surface area (Å²) in [5, 5.41) is 17.0. The first-order valence-corrected chi connectivity index (χ1v) is 9.25. The minimum absolute atomic E-state index is 0.0617. The van der Waals surface area contributed by atoms with E-state index in [1.807, 2.05) is 19.9 Å². The van der Waals surface area contributed by atoms with Crippen molar-refractivity contribution in [3.05, 3.63) is 41.8 Å². The monoisotopic (exact) mass is 376 g/mol. The number of carbonyl (C=O) groups is 1. The van der Waals surface area contributed by atoms with Gasteiger partial charge >= 0.3 is 0 Å². The first kappa shape index (κ1) is 19.5. The van der Waals surface area contributed by atoms with Crippen LogP contribution in [0.2, 0.25) is 0 Å². The highest BCUT2D eigenvalue weighted by atomic mass is 19.1. The Morgan fingerprint density at radius 2 is 2.07 bits per heavy atom. The minimum atomic E-state index is -0.596. The Labute approximate surface area is 157 Å². The van der Waals surface area contributed by atoms with E-state index in [0.717, 1.165) is 11.3 Å². The molecule has 1 aromatic carbocycles. The maximum Gasteiger partial charge on any atom is 0.222 e. The largest absolute Gasteiger partial charge is 0.390 e. The second-order valence-corrected chi connectivity index (χ2v) is 7.23. The predicted octanol–water partition coefficient (Wildman–Crippen LogP) is 2.70. The van der Waals surface area contributed by atoms with E-state index in [0.29, 0.717) is 25.0 Å². The van der Waals surface area contributed by atoms with E-state index in [1.54, 1.807) is 12.1 Å². The molecule has 1 aromatic heterocycles. The highest BCUT2D eigenvalue weighted by Gasteiger charge is 2.31. The Balaban J connectivity index is 1.57. The van der Waals surface area contributed by atoms with Crippen LogP contribution in [0.15, 0.2) is 34.9 Å². The van der Waals surface area contributed by atoms with Crippen LogP contribution in [0.3, 0.4) is 0 Å². The maximum absolute atomic E-state index is 13.0. The van der Waals surface area contributed by atoms with Gasteiger partial charge in [-0.3, -0.25) is 4.79 Å². The summed E-state index contributed by atoms with van der Waals surface area (Å²) in [6, 6.07) is 7.84. The molecule has 1 saturated heterocycles. The molecule has 0 saturated carbocycles. The van der Waals surface area contributed by atoms with Crippen molar-refractivity contribution in [2.75, 3.05) is 6.54 Å². The van der Waals surface area contributed by atoms with Gasteiger partial charge < -0.3 is 19.7 Å². The molecular weight excluding hydrogens is 351 g/mol. The number of halogens is 1. The lowest BCUT2D eigenvalue weighted by Crippen LogP contribution is -2.47. The molecule has 7 heteroatoms. The van der Waals surface area contributed by atoms with Crippen LogP contribution < -0.4 is 5.32 Å². The van der Waals surface area contributed by atoms with Crippen molar-refractivity contribution >= 4 is 5.91 Å². The fraction of sp³-hybridized carbons (Fsp3) is 0.500. The number of carbonyl (C=O) groups excluding carboxylic acids is 1. The molecule has 1 amide bonds. The molecule has 1 aliphatic rings. The van der Waals surface area contributed by atoms with Crippen molar-refractivity contribution in [3.63, 3.8) is 0 Å². The lowest BCUT2D eigenvalue weighted by atomic mass is 9.98. The average molecular weight is 376 g/mol. The van der Waals surface area contributed by atoms with E-state index in [9.17, 15) is 14.3 Å². The molecule has 146 valence electrons. The summed E-state index contributed by atoms with van der Waals surface area (Å²) >= 11 is 0. The molecule has 1 aliphatic heterocycles. The molecule has 6 nitrogen and oxygen atoms in total. The number of aliphatic hydroxyl groups is 1. The van der Waals surface area contributed by atoms with Crippen molar-refractivity contribution < 1.29 is 23.6 Å². The summed E-state index contributed by atoms with van der Waals surface area (Å²) in [6.45, 7) is 3.92. The number of nitrogens with zero attached hydrogens (tertiary/aromatic N) is 1. The molecule has 2 heterocycles. The molecule has 1 fully saturated rings. The van der Waals surface area contributed by atoms with Crippen LogP contribution in [0.1, 0.15) is 32.4 Å². The van der Waals surface area contributed by atoms with Crippen molar-refractivity contribution in [2.45, 2.75) is 51.4 Å². The van der Waals surface area contributed by atoms with E-state index in [1.165, 1.54) is 12.1 Å². The maximum atomic E-state index is 13.0. The lowest BCUT2D eigenvalue weighted by molar-refractivity contribution is -0.131. The normalized spacial score (nSPS) is 22.8. The number of aromatic nitrogens is 1. The van der Waals surface area contributed by atoms with Gasteiger partial charge in [0, 0.05) is 30.5 Å². The zero-order valence-corrected chi connectivity index (χ0v) is 15.5. The van der Waals surface area contributed by atoms with Crippen molar-refractivity contribution in [3.8, 4) is 11.3 Å². The fourth-order valence-electron chi connectivity index (χ4n) is 3.08. The van der Waals surface area contributed by atoms with Crippen molar-refractivity contribution in [1.82, 2.24) is 10.5 Å². The molecule has 0 spiro atoms. The van der Waals surface area contributed by atoms with Crippen molar-refractivity contribution in [2.24, 2.45) is 5.92 Å². The van der Waals surface area contributed by atoms with Gasteiger partial charge in [-0.15, -0.1) is 0 Å². The summed E-state index contributed by atoms with van der Waals surface area (Å²) in [5.74, 6) is 0.0970. The molecule has 3 rings (SSSR count). The number of benzene rings is 1. The number of ether oxygens (including phenoxy) is 1. The van der Waals surface area contributed by atoms with Gasteiger partial charge in [0.15, 0.2) is 5.76 Å². The molecule has 3 unspecified atom stereocenters. The Kier molecular flexibility index (Phi) is 6.23. The number of nitrogens with one attached hydrogen (secondary N) is 1. The average Bonchev–Trinajstić information content (AvgIpc) is 3.10. The van der Waals surface area contributed by atoms with E-state index in [4.69, 9.17) is 9.26 Å². The van der Waals surface area contributed by atoms with E-state index >= 15 is 0 Å². The third-order valence-electron chi connectivity index (χ3n) is 4.71. The molecule has 27 heavy (non-hydrogen) atoms. The zero-order chi connectivity index (χ0) is 19.4. The van der Waals surface area contributed by atoms with Gasteiger partial charge in [0.05, 0.1) is 17.9 Å². The van der Waals surface area contributed by atoms with E-state index in [2.05, 4.69) is 10.5 Å². The molecule has 0 aliphatic carbocycles. The number of aliphatic hydroxyl groups excluding tert-OH is 1. The van der Waals surface area contributed by atoms with Gasteiger partial charge in [-0.1, -0.05) is 19.0 Å². The van der Waals surface area contributed by atoms with Gasteiger partial charge in [0.2, 0.25) is 5.91 Å². The quantitative estimate of drug-likeness (QED) is 0.810. The SMILES string of the molecule is CC(C)C(=O)NCC1OC(Cc2cc(-c3ccc(F)cc3)on2)CCC1O. The Bertz CT molecular complexity index is 760. The second kappa shape index (κ2) is 8.63. The standard InChI is InChI=1S/C20H25FN2O4/c1-12(2)20(25)22-11-19-17(24)8-7-16(26-19)9-15-10-18(27-23-15)13-3-5-14(21)6-4-13/h3-6,10,12,16-17,19,24H,7-9,11H2,1-2H3,(H,22,25). The van der Waals surface area contributed by atoms with Crippen LogP contribution in [-0.4, -0.2) is 41.0 Å². The van der Waals surface area contributed by atoms with Crippen LogP contribution in [0, 0.1) is 11.7 Å². The smallest absolute Gasteiger partial charge is 0.222 e. The van der Waals surface area contributed by atoms with Gasteiger partial charge in [-0.05, 0) is 37.1 Å². The summed E-state index contributed by atoms with van der Waals surface area (Å²) < 4.78 is 24.4. The topological polar surface area (TPSA) is 84.6 Å². The number of hydrogen-bond donors (Lipinski definition) is 2. The second-order valence-electron chi connectivity index (χ2n) is 7.23. The number of hydrogen-bond acceptors (Lipinski definition) is 5. The highest BCUT2D eigenvalue weighted by Crippen LogP contribution is 2.25. The Hall–Kier alpha value is -2.25. The van der Waals surface area contributed by atoms with Crippen molar-refractivity contribution in [1.29, 1.82) is 0 Å².